The molecule has 1 amide bonds. The first-order valence-corrected chi connectivity index (χ1v) is 12.4. The first-order valence-electron chi connectivity index (χ1n) is 11.6. The lowest BCUT2D eigenvalue weighted by Crippen LogP contribution is -2.14. The van der Waals surface area contributed by atoms with Gasteiger partial charge in [0.25, 0.3) is 5.91 Å². The molecule has 0 aliphatic heterocycles. The summed E-state index contributed by atoms with van der Waals surface area (Å²) in [6.45, 7) is 10.5. The third-order valence-corrected chi connectivity index (χ3v) is 5.95. The van der Waals surface area contributed by atoms with E-state index in [1.165, 1.54) is 0 Å². The van der Waals surface area contributed by atoms with Crippen molar-refractivity contribution in [1.29, 1.82) is 5.26 Å². The number of anilines is 1. The highest BCUT2D eigenvalue weighted by Crippen LogP contribution is 2.35. The average molecular weight is 545 g/mol. The smallest absolute Gasteiger partial charge is 0.266 e. The number of aryl methyl sites for hydroxylation is 2. The minimum Gasteiger partial charge on any atom is -0.490 e. The topological polar surface area (TPSA) is 71.4 Å². The lowest BCUT2D eigenvalue weighted by Gasteiger charge is -2.17. The fraction of sp³-hybridized carbons (Fsp3) is 0.200. The molecule has 3 aromatic carbocycles. The number of ether oxygens (including phenoxy) is 2. The number of nitrogens with one attached hydrogen (secondary N) is 1. The average Bonchev–Trinajstić information content (AvgIpc) is 2.85. The number of rotatable bonds is 10. The molecular formula is C30H29BrN2O3. The van der Waals surface area contributed by atoms with E-state index in [9.17, 15) is 10.1 Å². The Balaban J connectivity index is 1.93. The van der Waals surface area contributed by atoms with Crippen LogP contribution in [0.15, 0.2) is 77.3 Å². The van der Waals surface area contributed by atoms with Gasteiger partial charge >= 0.3 is 0 Å². The Morgan fingerprint density at radius 3 is 2.50 bits per heavy atom. The van der Waals surface area contributed by atoms with E-state index in [2.05, 4.69) is 27.8 Å². The standard InChI is InChI=1S/C30H29BrN2O3/c1-5-7-24-15-23(16-25(18-32)30(34)33-27-13-8-20(3)14-21(27)4)17-28(35-6-2)29(24)36-19-22-9-11-26(31)12-10-22/h5,8-17H,1,6-7,19H2,2-4H3,(H,33,34)/b25-16+. The summed E-state index contributed by atoms with van der Waals surface area (Å²) in [5.74, 6) is 0.700. The highest BCUT2D eigenvalue weighted by atomic mass is 79.9. The second-order valence-electron chi connectivity index (χ2n) is 8.29. The number of nitriles is 1. The summed E-state index contributed by atoms with van der Waals surface area (Å²) in [7, 11) is 0. The fourth-order valence-electron chi connectivity index (χ4n) is 3.70. The molecule has 5 nitrogen and oxygen atoms in total. The number of nitrogens with zero attached hydrogens (tertiary/aromatic N) is 1. The van der Waals surface area contributed by atoms with Gasteiger partial charge in [-0.2, -0.15) is 5.26 Å². The van der Waals surface area contributed by atoms with E-state index < -0.39 is 5.91 Å². The van der Waals surface area contributed by atoms with Crippen LogP contribution in [0.25, 0.3) is 6.08 Å². The van der Waals surface area contributed by atoms with Gasteiger partial charge in [-0.15, -0.1) is 6.58 Å². The molecule has 0 fully saturated rings. The van der Waals surface area contributed by atoms with Crippen LogP contribution in [0.5, 0.6) is 11.5 Å². The minimum absolute atomic E-state index is 0.00879. The van der Waals surface area contributed by atoms with Crippen molar-refractivity contribution in [3.05, 3.63) is 105 Å². The van der Waals surface area contributed by atoms with E-state index >= 15 is 0 Å². The monoisotopic (exact) mass is 544 g/mol. The van der Waals surface area contributed by atoms with Gasteiger partial charge in [-0.25, -0.2) is 0 Å². The highest BCUT2D eigenvalue weighted by molar-refractivity contribution is 9.10. The second-order valence-corrected chi connectivity index (χ2v) is 9.21. The largest absolute Gasteiger partial charge is 0.490 e. The number of allylic oxidation sites excluding steroid dienone is 1. The first-order chi connectivity index (χ1) is 17.3. The number of hydrogen-bond acceptors (Lipinski definition) is 4. The van der Waals surface area contributed by atoms with Gasteiger partial charge in [0.15, 0.2) is 11.5 Å². The van der Waals surface area contributed by atoms with Crippen LogP contribution < -0.4 is 14.8 Å². The molecule has 0 aromatic heterocycles. The van der Waals surface area contributed by atoms with E-state index in [0.29, 0.717) is 42.4 Å². The molecular weight excluding hydrogens is 516 g/mol. The molecule has 0 spiro atoms. The molecule has 6 heteroatoms. The maximum absolute atomic E-state index is 12.9. The van der Waals surface area contributed by atoms with Crippen molar-refractivity contribution in [1.82, 2.24) is 0 Å². The first kappa shape index (κ1) is 26.8. The molecule has 0 heterocycles. The molecule has 0 radical (unpaired) electrons. The molecule has 1 N–H and O–H groups in total. The number of benzene rings is 3. The molecule has 184 valence electrons. The quantitative estimate of drug-likeness (QED) is 0.165. The van der Waals surface area contributed by atoms with Gasteiger partial charge < -0.3 is 14.8 Å². The third kappa shape index (κ3) is 7.10. The van der Waals surface area contributed by atoms with Crippen molar-refractivity contribution >= 4 is 33.6 Å². The summed E-state index contributed by atoms with van der Waals surface area (Å²) < 4.78 is 13.1. The third-order valence-electron chi connectivity index (χ3n) is 5.42. The lowest BCUT2D eigenvalue weighted by atomic mass is 10.0. The maximum Gasteiger partial charge on any atom is 0.266 e. The summed E-state index contributed by atoms with van der Waals surface area (Å²) in [6.07, 6.45) is 3.88. The van der Waals surface area contributed by atoms with Crippen LogP contribution in [-0.4, -0.2) is 12.5 Å². The molecule has 0 saturated heterocycles. The Bertz CT molecular complexity index is 1320. The number of amides is 1. The highest BCUT2D eigenvalue weighted by Gasteiger charge is 2.16. The van der Waals surface area contributed by atoms with Crippen LogP contribution in [-0.2, 0) is 17.8 Å². The van der Waals surface area contributed by atoms with Crippen LogP contribution in [0, 0.1) is 25.2 Å². The summed E-state index contributed by atoms with van der Waals surface area (Å²) >= 11 is 3.45. The van der Waals surface area contributed by atoms with Gasteiger partial charge in [0.1, 0.15) is 18.2 Å². The van der Waals surface area contributed by atoms with Crippen LogP contribution >= 0.6 is 15.9 Å². The van der Waals surface area contributed by atoms with E-state index in [-0.39, 0.29) is 5.57 Å². The number of carbonyl (C=O) groups excluding carboxylic acids is 1. The molecule has 0 bridgehead atoms. The predicted molar refractivity (Wildman–Crippen MR) is 148 cm³/mol. The summed E-state index contributed by atoms with van der Waals surface area (Å²) in [5, 5.41) is 12.6. The second kappa shape index (κ2) is 12.8. The summed E-state index contributed by atoms with van der Waals surface area (Å²) in [4.78, 5) is 12.9. The van der Waals surface area contributed by atoms with Gasteiger partial charge in [0.05, 0.1) is 6.61 Å². The molecule has 3 rings (SSSR count). The Kier molecular flexibility index (Phi) is 9.49. The van der Waals surface area contributed by atoms with E-state index in [1.54, 1.807) is 18.2 Å². The van der Waals surface area contributed by atoms with Crippen LogP contribution in [0.2, 0.25) is 0 Å². The molecule has 0 atom stereocenters. The molecule has 36 heavy (non-hydrogen) atoms. The predicted octanol–water partition coefficient (Wildman–Crippen LogP) is 7.32. The van der Waals surface area contributed by atoms with Crippen molar-refractivity contribution in [2.45, 2.75) is 33.8 Å². The van der Waals surface area contributed by atoms with Crippen molar-refractivity contribution in [3.63, 3.8) is 0 Å². The van der Waals surface area contributed by atoms with Gasteiger partial charge in [-0.1, -0.05) is 51.8 Å². The Labute approximate surface area is 221 Å². The van der Waals surface area contributed by atoms with Gasteiger partial charge in [0, 0.05) is 15.7 Å². The fourth-order valence-corrected chi connectivity index (χ4v) is 3.96. The molecule has 0 aliphatic carbocycles. The SMILES string of the molecule is C=CCc1cc(/C=C(\C#N)C(=O)Nc2ccc(C)cc2C)cc(OCC)c1OCc1ccc(Br)cc1. The van der Waals surface area contributed by atoms with Gasteiger partial charge in [-0.3, -0.25) is 4.79 Å². The van der Waals surface area contributed by atoms with E-state index in [4.69, 9.17) is 9.47 Å². The zero-order valence-electron chi connectivity index (χ0n) is 20.7. The Morgan fingerprint density at radius 2 is 1.86 bits per heavy atom. The number of hydrogen-bond donors (Lipinski definition) is 1. The normalized spacial score (nSPS) is 10.9. The number of carbonyl (C=O) groups is 1. The Morgan fingerprint density at radius 1 is 1.11 bits per heavy atom. The van der Waals surface area contributed by atoms with Crippen molar-refractivity contribution in [3.8, 4) is 17.6 Å². The van der Waals surface area contributed by atoms with E-state index in [1.807, 2.05) is 75.4 Å². The van der Waals surface area contributed by atoms with Crippen molar-refractivity contribution in [2.24, 2.45) is 0 Å². The summed E-state index contributed by atoms with van der Waals surface area (Å²) in [5.41, 5.74) is 5.23. The maximum atomic E-state index is 12.9. The molecule has 0 saturated carbocycles. The lowest BCUT2D eigenvalue weighted by molar-refractivity contribution is -0.112. The van der Waals surface area contributed by atoms with E-state index in [0.717, 1.165) is 26.7 Å². The minimum atomic E-state index is -0.469. The molecule has 0 unspecified atom stereocenters. The molecule has 0 aliphatic rings. The van der Waals surface area contributed by atoms with Crippen LogP contribution in [0.4, 0.5) is 5.69 Å². The van der Waals surface area contributed by atoms with Crippen molar-refractivity contribution < 1.29 is 14.3 Å². The van der Waals surface area contributed by atoms with Gasteiger partial charge in [-0.05, 0) is 80.3 Å². The number of halogens is 1. The zero-order chi connectivity index (χ0) is 26.1. The van der Waals surface area contributed by atoms with Crippen molar-refractivity contribution in [2.75, 3.05) is 11.9 Å². The molecule has 3 aromatic rings. The zero-order valence-corrected chi connectivity index (χ0v) is 22.3. The summed E-state index contributed by atoms with van der Waals surface area (Å²) in [6, 6.07) is 19.3. The van der Waals surface area contributed by atoms with Crippen LogP contribution in [0.3, 0.4) is 0 Å². The van der Waals surface area contributed by atoms with Gasteiger partial charge in [0.2, 0.25) is 0 Å². The van der Waals surface area contributed by atoms with Crippen LogP contribution in [0.1, 0.15) is 34.7 Å². The Hall–Kier alpha value is -3.82.